The maximum atomic E-state index is 13.7. The van der Waals surface area contributed by atoms with E-state index in [-0.39, 0.29) is 83.8 Å². The number of ether oxygens (including phenoxy) is 8. The number of rotatable bonds is 12. The van der Waals surface area contributed by atoms with Crippen LogP contribution in [0.25, 0.3) is 0 Å². The number of nitrogens with two attached hydrogens (primary N) is 2. The number of hydrogen-bond acceptors (Lipinski definition) is 18. The molecule has 8 N–H and O–H groups in total. The van der Waals surface area contributed by atoms with Crippen LogP contribution in [-0.4, -0.2) is 193 Å². The van der Waals surface area contributed by atoms with E-state index in [4.69, 9.17) is 49.4 Å². The molecule has 2 aromatic carbocycles. The highest BCUT2D eigenvalue weighted by Crippen LogP contribution is 2.81. The zero-order valence-corrected chi connectivity index (χ0v) is 46.7. The second-order valence-corrected chi connectivity index (χ2v) is 26.1. The van der Waals surface area contributed by atoms with Crippen LogP contribution in [0.2, 0.25) is 0 Å². The fraction of sp³-hybridized carbons (Fsp3) is 0.767. The number of hydrogen-bond donors (Lipinski definition) is 6. The molecule has 0 radical (unpaired) electrons. The number of nitrogens with zero attached hydrogens (tertiary/aromatic N) is 2. The average molecular weight is 1090 g/mol. The van der Waals surface area contributed by atoms with Gasteiger partial charge in [0.25, 0.3) is 0 Å². The summed E-state index contributed by atoms with van der Waals surface area (Å²) in [5, 5.41) is 51.1. The summed E-state index contributed by atoms with van der Waals surface area (Å²) in [5.74, 6) is -2.12. The number of para-hydroxylation sites is 2. The van der Waals surface area contributed by atoms with Crippen LogP contribution in [0.4, 0.5) is 11.4 Å². The van der Waals surface area contributed by atoms with Crippen molar-refractivity contribution in [1.29, 1.82) is 0 Å². The van der Waals surface area contributed by atoms with Crippen LogP contribution in [0.3, 0.4) is 0 Å². The van der Waals surface area contributed by atoms with Crippen molar-refractivity contribution < 1.29 is 67.9 Å². The van der Waals surface area contributed by atoms with E-state index < -0.39 is 68.6 Å². The van der Waals surface area contributed by atoms with Gasteiger partial charge in [0.1, 0.15) is 33.6 Å². The van der Waals surface area contributed by atoms with E-state index in [1.807, 2.05) is 12.1 Å². The van der Waals surface area contributed by atoms with Crippen LogP contribution in [0.5, 0.6) is 0 Å². The van der Waals surface area contributed by atoms with Crippen LogP contribution in [0, 0.1) is 58.2 Å². The minimum absolute atomic E-state index is 0.00601. The summed E-state index contributed by atoms with van der Waals surface area (Å²) < 4.78 is 49.9. The lowest BCUT2D eigenvalue weighted by molar-refractivity contribution is -0.337. The zero-order chi connectivity index (χ0) is 55.1. The molecule has 10 saturated carbocycles. The molecule has 428 valence electrons. The molecule has 2 heterocycles. The quantitative estimate of drug-likeness (QED) is 0.131. The van der Waals surface area contributed by atoms with Gasteiger partial charge in [-0.2, -0.15) is 0 Å². The summed E-state index contributed by atoms with van der Waals surface area (Å²) >= 11 is 0. The van der Waals surface area contributed by atoms with Crippen LogP contribution in [0.15, 0.2) is 48.5 Å². The third-order valence-corrected chi connectivity index (χ3v) is 24.7. The number of aliphatic hydroxyl groups is 4. The summed E-state index contributed by atoms with van der Waals surface area (Å²) in [5.41, 5.74) is 5.68. The summed E-state index contributed by atoms with van der Waals surface area (Å²) in [6.07, 6.45) is 4.34. The number of esters is 2. The van der Waals surface area contributed by atoms with Gasteiger partial charge in [-0.15, -0.1) is 0 Å². The van der Waals surface area contributed by atoms with E-state index in [1.54, 1.807) is 79.1 Å². The van der Waals surface area contributed by atoms with Crippen molar-refractivity contribution in [2.24, 2.45) is 58.2 Å². The smallest absolute Gasteiger partial charge is 0.340 e. The van der Waals surface area contributed by atoms with E-state index in [2.05, 4.69) is 23.6 Å². The lowest BCUT2D eigenvalue weighted by atomic mass is 9.44. The summed E-state index contributed by atoms with van der Waals surface area (Å²) in [6, 6.07) is 14.1. The van der Waals surface area contributed by atoms with Gasteiger partial charge in [0, 0.05) is 150 Å². The monoisotopic (exact) mass is 1080 g/mol. The molecule has 14 bridgehead atoms. The Labute approximate surface area is 458 Å². The standard InChI is InChI=1S/2C30H42N2O7/c2*1-5-32-15-27(39-26(33)16-8-6-7-9-19(16)31)11-10-23(37-3)29-21(27)13-18(24(29)32)28(34)14-20(36-2)17-12-22(29)30(28,35)25(17)38-4/h2*6-9,17-18,20-25,34-35H,5,10-15,31H2,1-4H3/t2*17-,18+,20+,21-,22+,23+,24-,25+,27-,28+,29+,30+/m11/s1. The van der Waals surface area contributed by atoms with Crippen LogP contribution in [-0.2, 0) is 37.9 Å². The van der Waals surface area contributed by atoms with Crippen molar-refractivity contribution in [2.45, 2.75) is 160 Å². The molecule has 18 heteroatoms. The number of methoxy groups -OCH3 is 6. The average Bonchev–Trinajstić information content (AvgIpc) is 3.48. The second-order valence-electron chi connectivity index (χ2n) is 26.1. The minimum atomic E-state index is -1.44. The molecule has 14 rings (SSSR count). The fourth-order valence-corrected chi connectivity index (χ4v) is 22.7. The van der Waals surface area contributed by atoms with Gasteiger partial charge in [0.15, 0.2) is 0 Å². The molecule has 0 aromatic heterocycles. The third-order valence-electron chi connectivity index (χ3n) is 24.7. The predicted octanol–water partition coefficient (Wildman–Crippen LogP) is 3.69. The van der Waals surface area contributed by atoms with Gasteiger partial charge < -0.3 is 69.8 Å². The van der Waals surface area contributed by atoms with Crippen molar-refractivity contribution in [2.75, 3.05) is 80.3 Å². The number of benzene rings is 2. The molecule has 0 amide bonds. The Kier molecular flexibility index (Phi) is 12.4. The van der Waals surface area contributed by atoms with Crippen LogP contribution in [0.1, 0.15) is 98.8 Å². The number of fused-ring (bicyclic) bond motifs is 4. The number of carbonyl (C=O) groups is 2. The Morgan fingerprint density at radius 3 is 1.27 bits per heavy atom. The second kappa shape index (κ2) is 18.0. The van der Waals surface area contributed by atoms with Crippen LogP contribution >= 0.6 is 0 Å². The number of carbonyl (C=O) groups excluding carboxylic acids is 2. The van der Waals surface area contributed by atoms with Crippen molar-refractivity contribution in [3.05, 3.63) is 59.7 Å². The maximum absolute atomic E-state index is 13.7. The molecule has 2 saturated heterocycles. The molecule has 12 aliphatic rings. The van der Waals surface area contributed by atoms with E-state index in [0.29, 0.717) is 99.8 Å². The fourth-order valence-electron chi connectivity index (χ4n) is 22.7. The first-order valence-electron chi connectivity index (χ1n) is 29.0. The highest BCUT2D eigenvalue weighted by molar-refractivity contribution is 5.96. The summed E-state index contributed by atoms with van der Waals surface area (Å²) in [6.45, 7) is 6.93. The number of likely N-dealkylation sites (tertiary alicyclic amines) is 2. The first-order chi connectivity index (χ1) is 37.3. The molecule has 12 fully saturated rings. The Hall–Kier alpha value is -3.50. The molecule has 10 aliphatic carbocycles. The van der Waals surface area contributed by atoms with Crippen molar-refractivity contribution >= 4 is 23.3 Å². The lowest BCUT2D eigenvalue weighted by Gasteiger charge is -2.70. The largest absolute Gasteiger partial charge is 0.454 e. The summed E-state index contributed by atoms with van der Waals surface area (Å²) in [4.78, 5) is 32.2. The lowest BCUT2D eigenvalue weighted by Crippen LogP contribution is -2.83. The normalized spacial score (nSPS) is 51.1. The van der Waals surface area contributed by atoms with Crippen molar-refractivity contribution in [3.63, 3.8) is 0 Å². The first kappa shape index (κ1) is 53.8. The first-order valence-corrected chi connectivity index (χ1v) is 29.0. The third kappa shape index (κ3) is 6.10. The maximum Gasteiger partial charge on any atom is 0.340 e. The predicted molar refractivity (Wildman–Crippen MR) is 284 cm³/mol. The van der Waals surface area contributed by atoms with E-state index >= 15 is 0 Å². The Bertz CT molecular complexity index is 2540. The number of piperidine rings is 2. The van der Waals surface area contributed by atoms with Gasteiger partial charge >= 0.3 is 11.9 Å². The molecule has 18 nitrogen and oxygen atoms in total. The molecule has 2 aliphatic heterocycles. The molecule has 2 spiro atoms. The Balaban J connectivity index is 0.000000148. The topological polar surface area (TPSA) is 247 Å². The van der Waals surface area contributed by atoms with E-state index in [9.17, 15) is 30.0 Å². The van der Waals surface area contributed by atoms with Gasteiger partial charge in [-0.1, -0.05) is 38.1 Å². The SMILES string of the molecule is CCN1C[C@]2(OC(=O)c3ccccc3N)CC[C@H](OC)[C@@]34[C@@H]2C[C@@H]([C@@H]13)[C@@]1(O)C[C@H](OC)[C@H]2C[C@@H]4[C@]1(O)[C@H]2OC.CCN1C[C@]2(OC(=O)c3ccccc3N)CC[C@H](OC)[C@@]34[C@@H]2C[C@@H]([C@@H]13)[C@@]1(O)C[C@H](OC)[C@H]2C[C@@H]4[C@]1(O)[C@H]2OC. The minimum Gasteiger partial charge on any atom is -0.454 e. The molecule has 24 atom stereocenters. The zero-order valence-electron chi connectivity index (χ0n) is 46.7. The Morgan fingerprint density at radius 2 is 0.936 bits per heavy atom. The summed E-state index contributed by atoms with van der Waals surface area (Å²) in [7, 11) is 10.2. The highest BCUT2D eigenvalue weighted by atomic mass is 16.6. The van der Waals surface area contributed by atoms with Crippen LogP contribution < -0.4 is 11.5 Å². The molecule has 0 unspecified atom stereocenters. The van der Waals surface area contributed by atoms with Gasteiger partial charge in [-0.05, 0) is 88.7 Å². The number of nitrogen functional groups attached to an aromatic ring is 2. The van der Waals surface area contributed by atoms with Crippen molar-refractivity contribution in [3.8, 4) is 0 Å². The molecular formula is C60H84N4O14. The van der Waals surface area contributed by atoms with E-state index in [1.165, 1.54) is 0 Å². The van der Waals surface area contributed by atoms with E-state index in [0.717, 1.165) is 13.1 Å². The number of likely N-dealkylation sites (N-methyl/N-ethyl adjacent to an activating group) is 2. The highest BCUT2D eigenvalue weighted by Gasteiger charge is 2.91. The molecular weight excluding hydrogens is 1000 g/mol. The molecule has 78 heavy (non-hydrogen) atoms. The van der Waals surface area contributed by atoms with Gasteiger partial charge in [-0.25, -0.2) is 9.59 Å². The number of anilines is 2. The molecule has 2 aromatic rings. The van der Waals surface area contributed by atoms with Crippen molar-refractivity contribution in [1.82, 2.24) is 9.80 Å². The van der Waals surface area contributed by atoms with Gasteiger partial charge in [0.2, 0.25) is 0 Å². The Morgan fingerprint density at radius 1 is 0.551 bits per heavy atom. The van der Waals surface area contributed by atoms with Gasteiger partial charge in [0.05, 0.1) is 47.8 Å². The van der Waals surface area contributed by atoms with Gasteiger partial charge in [-0.3, -0.25) is 9.80 Å².